The van der Waals surface area contributed by atoms with E-state index in [4.69, 9.17) is 4.74 Å². The highest BCUT2D eigenvalue weighted by Gasteiger charge is 2.31. The highest BCUT2D eigenvalue weighted by molar-refractivity contribution is 6.26. The summed E-state index contributed by atoms with van der Waals surface area (Å²) in [6.07, 6.45) is 0.752. The van der Waals surface area contributed by atoms with Crippen LogP contribution in [0.15, 0.2) is 60.7 Å². The van der Waals surface area contributed by atoms with E-state index in [9.17, 15) is 9.59 Å². The first-order chi connectivity index (χ1) is 13.6. The van der Waals surface area contributed by atoms with E-state index in [0.717, 1.165) is 34.2 Å². The number of nitrogens with zero attached hydrogens (tertiary/aromatic N) is 1. The Morgan fingerprint density at radius 1 is 1.07 bits per heavy atom. The fraction of sp³-hybridized carbons (Fsp3) is 0.217. The highest BCUT2D eigenvalue weighted by atomic mass is 16.5. The van der Waals surface area contributed by atoms with Crippen molar-refractivity contribution in [3.8, 4) is 5.75 Å². The Balaban J connectivity index is 1.52. The summed E-state index contributed by atoms with van der Waals surface area (Å²) in [5.74, 6) is 0.471. The molecule has 3 aromatic rings. The van der Waals surface area contributed by atoms with Gasteiger partial charge >= 0.3 is 0 Å². The van der Waals surface area contributed by atoms with E-state index in [-0.39, 0.29) is 24.4 Å². The van der Waals surface area contributed by atoms with E-state index >= 15 is 0 Å². The molecule has 3 aromatic carbocycles. The van der Waals surface area contributed by atoms with Crippen molar-refractivity contribution in [3.05, 3.63) is 71.8 Å². The molecule has 1 N–H and O–H groups in total. The molecule has 0 aliphatic carbocycles. The van der Waals surface area contributed by atoms with Crippen LogP contribution in [0.1, 0.15) is 35.3 Å². The summed E-state index contributed by atoms with van der Waals surface area (Å²) >= 11 is 0. The molecule has 4 rings (SSSR count). The maximum atomic E-state index is 12.8. The second kappa shape index (κ2) is 7.35. The number of anilines is 1. The van der Waals surface area contributed by atoms with E-state index in [1.807, 2.05) is 67.6 Å². The Hall–Kier alpha value is -3.34. The zero-order chi connectivity index (χ0) is 19.7. The number of nitrogens with one attached hydrogen (secondary N) is 1. The smallest absolute Gasteiger partial charge is 0.259 e. The molecule has 0 fully saturated rings. The average molecular weight is 374 g/mol. The lowest BCUT2D eigenvalue weighted by atomic mass is 10.0. The molecule has 5 heteroatoms. The minimum absolute atomic E-state index is 0.000713. The second-order valence-electron chi connectivity index (χ2n) is 6.87. The summed E-state index contributed by atoms with van der Waals surface area (Å²) in [6, 6.07) is 19.0. The monoisotopic (exact) mass is 374 g/mol. The predicted molar refractivity (Wildman–Crippen MR) is 110 cm³/mol. The quantitative estimate of drug-likeness (QED) is 0.707. The Labute approximate surface area is 163 Å². The van der Waals surface area contributed by atoms with Gasteiger partial charge in [-0.25, -0.2) is 0 Å². The van der Waals surface area contributed by atoms with Gasteiger partial charge in [-0.3, -0.25) is 14.5 Å². The van der Waals surface area contributed by atoms with Crippen molar-refractivity contribution in [2.75, 3.05) is 18.6 Å². The molecule has 1 atom stereocenters. The number of benzene rings is 3. The van der Waals surface area contributed by atoms with Crippen molar-refractivity contribution < 1.29 is 14.3 Å². The lowest BCUT2D eigenvalue weighted by molar-refractivity contribution is -0.120. The Bertz CT molecular complexity index is 1040. The van der Waals surface area contributed by atoms with Crippen LogP contribution in [0.5, 0.6) is 5.75 Å². The number of carbonyl (C=O) groups excluding carboxylic acids is 2. The Morgan fingerprint density at radius 3 is 2.46 bits per heavy atom. The van der Waals surface area contributed by atoms with Crippen molar-refractivity contribution in [1.82, 2.24) is 5.32 Å². The number of carbonyl (C=O) groups is 2. The molecule has 0 unspecified atom stereocenters. The minimum Gasteiger partial charge on any atom is -0.497 e. The molecule has 0 bridgehead atoms. The first-order valence-electron chi connectivity index (χ1n) is 9.39. The molecule has 0 radical (unpaired) electrons. The van der Waals surface area contributed by atoms with Crippen molar-refractivity contribution in [1.29, 1.82) is 0 Å². The van der Waals surface area contributed by atoms with E-state index in [2.05, 4.69) is 5.32 Å². The van der Waals surface area contributed by atoms with E-state index in [1.165, 1.54) is 0 Å². The zero-order valence-electron chi connectivity index (χ0n) is 15.9. The molecule has 5 nitrogen and oxygen atoms in total. The molecule has 0 saturated carbocycles. The van der Waals surface area contributed by atoms with Gasteiger partial charge in [-0.1, -0.05) is 43.3 Å². The summed E-state index contributed by atoms with van der Waals surface area (Å²) < 4.78 is 5.19. The summed E-state index contributed by atoms with van der Waals surface area (Å²) in [5.41, 5.74) is 2.46. The number of hydrogen-bond donors (Lipinski definition) is 1. The van der Waals surface area contributed by atoms with Crippen molar-refractivity contribution in [2.24, 2.45) is 0 Å². The van der Waals surface area contributed by atoms with E-state index in [0.29, 0.717) is 5.56 Å². The third-order valence-electron chi connectivity index (χ3n) is 5.21. The number of amides is 2. The Kier molecular flexibility index (Phi) is 4.74. The molecule has 1 aliphatic heterocycles. The number of rotatable bonds is 6. The van der Waals surface area contributed by atoms with Gasteiger partial charge in [0, 0.05) is 10.9 Å². The maximum absolute atomic E-state index is 12.8. The van der Waals surface area contributed by atoms with Gasteiger partial charge in [-0.15, -0.1) is 0 Å². The van der Waals surface area contributed by atoms with Gasteiger partial charge in [0.25, 0.3) is 5.91 Å². The average Bonchev–Trinajstić information content (AvgIpc) is 3.00. The molecule has 28 heavy (non-hydrogen) atoms. The molecule has 0 spiro atoms. The van der Waals surface area contributed by atoms with Crippen LogP contribution in [0.2, 0.25) is 0 Å². The topological polar surface area (TPSA) is 58.6 Å². The van der Waals surface area contributed by atoms with Crippen LogP contribution in [-0.2, 0) is 4.79 Å². The van der Waals surface area contributed by atoms with Crippen molar-refractivity contribution in [3.63, 3.8) is 0 Å². The lowest BCUT2D eigenvalue weighted by Crippen LogP contribution is -2.40. The summed E-state index contributed by atoms with van der Waals surface area (Å²) in [4.78, 5) is 27.2. The van der Waals surface area contributed by atoms with Crippen LogP contribution >= 0.6 is 0 Å². The summed E-state index contributed by atoms with van der Waals surface area (Å²) in [7, 11) is 1.62. The molecular weight excluding hydrogens is 352 g/mol. The number of methoxy groups -OCH3 is 1. The fourth-order valence-corrected chi connectivity index (χ4v) is 3.78. The van der Waals surface area contributed by atoms with Crippen LogP contribution in [0, 0.1) is 0 Å². The van der Waals surface area contributed by atoms with Gasteiger partial charge in [0.1, 0.15) is 12.3 Å². The summed E-state index contributed by atoms with van der Waals surface area (Å²) in [5, 5.41) is 4.98. The van der Waals surface area contributed by atoms with E-state index in [1.54, 1.807) is 12.0 Å². The molecule has 0 aromatic heterocycles. The Morgan fingerprint density at radius 2 is 1.79 bits per heavy atom. The predicted octanol–water partition coefficient (Wildman–Crippen LogP) is 4.08. The molecule has 0 saturated heterocycles. The number of ether oxygens (including phenoxy) is 1. The molecule has 1 aliphatic rings. The standard InChI is InChI=1S/C23H22N2O3/c1-3-19(15-10-12-17(28-2)13-11-15)24-21(26)14-25-20-9-5-7-16-6-4-8-18(22(16)20)23(25)27/h4-13,19H,3,14H2,1-2H3,(H,24,26)/t19-/m1/s1. The van der Waals surface area contributed by atoms with Crippen LogP contribution < -0.4 is 15.0 Å². The molecule has 1 heterocycles. The lowest BCUT2D eigenvalue weighted by Gasteiger charge is -2.21. The van der Waals surface area contributed by atoms with Crippen LogP contribution in [-0.4, -0.2) is 25.5 Å². The van der Waals surface area contributed by atoms with Crippen molar-refractivity contribution >= 4 is 28.3 Å². The zero-order valence-corrected chi connectivity index (χ0v) is 15.9. The van der Waals surface area contributed by atoms with Gasteiger partial charge in [0.15, 0.2) is 0 Å². The molecular formula is C23H22N2O3. The fourth-order valence-electron chi connectivity index (χ4n) is 3.78. The number of hydrogen-bond acceptors (Lipinski definition) is 3. The summed E-state index contributed by atoms with van der Waals surface area (Å²) in [6.45, 7) is 2.02. The molecule has 142 valence electrons. The van der Waals surface area contributed by atoms with Gasteiger partial charge in [0.2, 0.25) is 5.91 Å². The van der Waals surface area contributed by atoms with E-state index < -0.39 is 0 Å². The third-order valence-corrected chi connectivity index (χ3v) is 5.21. The third kappa shape index (κ3) is 3.09. The molecule has 2 amide bonds. The first kappa shape index (κ1) is 18.0. The first-order valence-corrected chi connectivity index (χ1v) is 9.39. The van der Waals surface area contributed by atoms with Crippen molar-refractivity contribution in [2.45, 2.75) is 19.4 Å². The largest absolute Gasteiger partial charge is 0.497 e. The SMILES string of the molecule is CC[C@@H](NC(=O)CN1C(=O)c2cccc3cccc1c23)c1ccc(OC)cc1. The maximum Gasteiger partial charge on any atom is 0.259 e. The van der Waals surface area contributed by atoms with Gasteiger partial charge in [-0.05, 0) is 41.6 Å². The van der Waals surface area contributed by atoms with Crippen LogP contribution in [0.4, 0.5) is 5.69 Å². The van der Waals surface area contributed by atoms with Gasteiger partial charge < -0.3 is 10.1 Å². The van der Waals surface area contributed by atoms with Crippen LogP contribution in [0.3, 0.4) is 0 Å². The van der Waals surface area contributed by atoms with Gasteiger partial charge in [-0.2, -0.15) is 0 Å². The minimum atomic E-state index is -0.180. The highest BCUT2D eigenvalue weighted by Crippen LogP contribution is 2.36. The van der Waals surface area contributed by atoms with Crippen LogP contribution in [0.25, 0.3) is 10.8 Å². The van der Waals surface area contributed by atoms with Gasteiger partial charge in [0.05, 0.1) is 18.8 Å². The normalized spacial score (nSPS) is 13.6. The second-order valence-corrected chi connectivity index (χ2v) is 6.87.